The van der Waals surface area contributed by atoms with Crippen LogP contribution in [0, 0.1) is 0 Å². The van der Waals surface area contributed by atoms with Crippen LogP contribution in [0.3, 0.4) is 0 Å². The molecule has 0 aliphatic carbocycles. The molecule has 0 aromatic heterocycles. The van der Waals surface area contributed by atoms with E-state index in [0.717, 1.165) is 11.1 Å². The van der Waals surface area contributed by atoms with E-state index in [2.05, 4.69) is 4.72 Å². The van der Waals surface area contributed by atoms with Gasteiger partial charge in [0.05, 0.1) is 11.4 Å². The van der Waals surface area contributed by atoms with E-state index in [9.17, 15) is 8.42 Å². The molecule has 0 saturated heterocycles. The van der Waals surface area contributed by atoms with E-state index in [1.807, 2.05) is 48.5 Å². The number of anilines is 1. The molecule has 3 N–H and O–H groups in total. The second-order valence-electron chi connectivity index (χ2n) is 4.47. The first-order chi connectivity index (χ1) is 9.62. The van der Waals surface area contributed by atoms with Gasteiger partial charge in [0.25, 0.3) is 0 Å². The predicted molar refractivity (Wildman–Crippen MR) is 83.0 cm³/mol. The van der Waals surface area contributed by atoms with Crippen LogP contribution in [-0.4, -0.2) is 20.7 Å². The molecule has 0 aliphatic heterocycles. The maximum Gasteiger partial charge on any atom is 0.232 e. The highest BCUT2D eigenvalue weighted by molar-refractivity contribution is 7.92. The molecule has 0 amide bonds. The van der Waals surface area contributed by atoms with Gasteiger partial charge in [0.2, 0.25) is 10.0 Å². The number of hydrogen-bond donors (Lipinski definition) is 2. The largest absolute Gasteiger partial charge is 0.330 e. The summed E-state index contributed by atoms with van der Waals surface area (Å²) in [5, 5.41) is 0. The van der Waals surface area contributed by atoms with Crippen LogP contribution in [0.2, 0.25) is 0 Å². The van der Waals surface area contributed by atoms with Gasteiger partial charge in [-0.25, -0.2) is 8.42 Å². The molecule has 0 bridgehead atoms. The van der Waals surface area contributed by atoms with E-state index in [-0.39, 0.29) is 5.75 Å². The number of rotatable bonds is 6. The van der Waals surface area contributed by atoms with Gasteiger partial charge in [-0.2, -0.15) is 0 Å². The molecule has 2 aromatic rings. The summed E-state index contributed by atoms with van der Waals surface area (Å²) in [5.41, 5.74) is 7.79. The highest BCUT2D eigenvalue weighted by atomic mass is 32.2. The topological polar surface area (TPSA) is 72.2 Å². The normalized spacial score (nSPS) is 11.2. The van der Waals surface area contributed by atoms with Gasteiger partial charge in [0.15, 0.2) is 0 Å². The van der Waals surface area contributed by atoms with Gasteiger partial charge < -0.3 is 5.73 Å². The molecule has 20 heavy (non-hydrogen) atoms. The number of hydrogen-bond acceptors (Lipinski definition) is 3. The summed E-state index contributed by atoms with van der Waals surface area (Å²) in [6, 6.07) is 17.0. The van der Waals surface area contributed by atoms with Crippen LogP contribution in [-0.2, 0) is 10.0 Å². The minimum Gasteiger partial charge on any atom is -0.330 e. The monoisotopic (exact) mass is 290 g/mol. The Labute approximate surface area is 119 Å². The van der Waals surface area contributed by atoms with Crippen molar-refractivity contribution in [3.8, 4) is 11.1 Å². The van der Waals surface area contributed by atoms with Crippen LogP contribution >= 0.6 is 0 Å². The van der Waals surface area contributed by atoms with E-state index in [4.69, 9.17) is 5.73 Å². The fraction of sp³-hybridized carbons (Fsp3) is 0.200. The molecule has 5 heteroatoms. The lowest BCUT2D eigenvalue weighted by Gasteiger charge is -2.12. The molecule has 2 rings (SSSR count). The summed E-state index contributed by atoms with van der Waals surface area (Å²) in [6.45, 7) is 0.362. The molecular formula is C15H18N2O2S. The maximum atomic E-state index is 12.0. The fourth-order valence-electron chi connectivity index (χ4n) is 1.93. The van der Waals surface area contributed by atoms with Crippen molar-refractivity contribution in [1.29, 1.82) is 0 Å². The third-order valence-corrected chi connectivity index (χ3v) is 4.25. The number of benzene rings is 2. The van der Waals surface area contributed by atoms with Gasteiger partial charge in [-0.15, -0.1) is 0 Å². The van der Waals surface area contributed by atoms with E-state index in [0.29, 0.717) is 18.7 Å². The van der Waals surface area contributed by atoms with E-state index in [1.54, 1.807) is 6.07 Å². The van der Waals surface area contributed by atoms with Crippen molar-refractivity contribution in [2.45, 2.75) is 6.42 Å². The number of sulfonamides is 1. The highest BCUT2D eigenvalue weighted by Crippen LogP contribution is 2.28. The third-order valence-electron chi connectivity index (χ3n) is 2.89. The summed E-state index contributed by atoms with van der Waals surface area (Å²) in [5.74, 6) is 0.0343. The van der Waals surface area contributed by atoms with Crippen molar-refractivity contribution in [3.63, 3.8) is 0 Å². The Kier molecular flexibility index (Phi) is 4.76. The Bertz CT molecular complexity index is 655. The second kappa shape index (κ2) is 6.54. The summed E-state index contributed by atoms with van der Waals surface area (Å²) < 4.78 is 26.6. The van der Waals surface area contributed by atoms with Crippen molar-refractivity contribution >= 4 is 15.7 Å². The van der Waals surface area contributed by atoms with Crippen LogP contribution in [0.4, 0.5) is 5.69 Å². The lowest BCUT2D eigenvalue weighted by atomic mass is 10.0. The Hall–Kier alpha value is -1.85. The molecule has 0 spiro atoms. The van der Waals surface area contributed by atoms with Crippen molar-refractivity contribution in [2.75, 3.05) is 17.0 Å². The zero-order valence-corrected chi connectivity index (χ0v) is 11.9. The van der Waals surface area contributed by atoms with E-state index in [1.165, 1.54) is 0 Å². The lowest BCUT2D eigenvalue weighted by molar-refractivity contribution is 0.599. The zero-order valence-electron chi connectivity index (χ0n) is 11.1. The van der Waals surface area contributed by atoms with Crippen molar-refractivity contribution < 1.29 is 8.42 Å². The van der Waals surface area contributed by atoms with E-state index < -0.39 is 10.0 Å². The van der Waals surface area contributed by atoms with Crippen LogP contribution in [0.5, 0.6) is 0 Å². The molecule has 2 aromatic carbocycles. The molecule has 0 heterocycles. The van der Waals surface area contributed by atoms with Crippen LogP contribution in [0.1, 0.15) is 6.42 Å². The molecule has 0 unspecified atom stereocenters. The third kappa shape index (κ3) is 3.82. The Balaban J connectivity index is 2.30. The van der Waals surface area contributed by atoms with Crippen LogP contribution < -0.4 is 10.5 Å². The average molecular weight is 290 g/mol. The molecule has 0 aliphatic rings. The summed E-state index contributed by atoms with van der Waals surface area (Å²) >= 11 is 0. The first-order valence-electron chi connectivity index (χ1n) is 6.47. The predicted octanol–water partition coefficient (Wildman–Crippen LogP) is 2.44. The average Bonchev–Trinajstić information content (AvgIpc) is 2.46. The van der Waals surface area contributed by atoms with Crippen molar-refractivity contribution in [1.82, 2.24) is 0 Å². The molecule has 106 valence electrons. The minimum atomic E-state index is -3.36. The van der Waals surface area contributed by atoms with Gasteiger partial charge in [-0.05, 0) is 24.6 Å². The first kappa shape index (κ1) is 14.6. The summed E-state index contributed by atoms with van der Waals surface area (Å²) in [6.07, 6.45) is 0.447. The minimum absolute atomic E-state index is 0.0343. The summed E-state index contributed by atoms with van der Waals surface area (Å²) in [4.78, 5) is 0. The number of para-hydroxylation sites is 1. The Morgan fingerprint density at radius 3 is 2.30 bits per heavy atom. The van der Waals surface area contributed by atoms with E-state index >= 15 is 0 Å². The molecule has 0 saturated carbocycles. The molecular weight excluding hydrogens is 272 g/mol. The van der Waals surface area contributed by atoms with Gasteiger partial charge in [-0.3, -0.25) is 4.72 Å². The van der Waals surface area contributed by atoms with Crippen LogP contribution in [0.25, 0.3) is 11.1 Å². The first-order valence-corrected chi connectivity index (χ1v) is 8.12. The molecule has 0 radical (unpaired) electrons. The van der Waals surface area contributed by atoms with Gasteiger partial charge in [-0.1, -0.05) is 48.5 Å². The zero-order chi connectivity index (χ0) is 14.4. The van der Waals surface area contributed by atoms with Gasteiger partial charge in [0, 0.05) is 5.56 Å². The Morgan fingerprint density at radius 1 is 0.950 bits per heavy atom. The summed E-state index contributed by atoms with van der Waals surface area (Å²) in [7, 11) is -3.36. The number of nitrogens with one attached hydrogen (secondary N) is 1. The maximum absolute atomic E-state index is 12.0. The van der Waals surface area contributed by atoms with Gasteiger partial charge in [0.1, 0.15) is 0 Å². The molecule has 0 fully saturated rings. The fourth-order valence-corrected chi connectivity index (χ4v) is 3.10. The quantitative estimate of drug-likeness (QED) is 0.858. The van der Waals surface area contributed by atoms with Crippen LogP contribution in [0.15, 0.2) is 54.6 Å². The van der Waals surface area contributed by atoms with Crippen molar-refractivity contribution in [3.05, 3.63) is 54.6 Å². The SMILES string of the molecule is NCCCS(=O)(=O)Nc1ccccc1-c1ccccc1. The lowest BCUT2D eigenvalue weighted by Crippen LogP contribution is -2.19. The van der Waals surface area contributed by atoms with Gasteiger partial charge >= 0.3 is 0 Å². The second-order valence-corrected chi connectivity index (χ2v) is 6.32. The van der Waals surface area contributed by atoms with Crippen molar-refractivity contribution in [2.24, 2.45) is 5.73 Å². The number of nitrogens with two attached hydrogens (primary N) is 1. The molecule has 4 nitrogen and oxygen atoms in total. The Morgan fingerprint density at radius 2 is 1.60 bits per heavy atom. The smallest absolute Gasteiger partial charge is 0.232 e. The highest BCUT2D eigenvalue weighted by Gasteiger charge is 2.12. The standard InChI is InChI=1S/C15H18N2O2S/c16-11-6-12-20(18,19)17-15-10-5-4-9-14(15)13-7-2-1-3-8-13/h1-5,7-10,17H,6,11-12,16H2. The molecule has 0 atom stereocenters.